The summed E-state index contributed by atoms with van der Waals surface area (Å²) in [6.07, 6.45) is 2.07. The van der Waals surface area contributed by atoms with E-state index in [2.05, 4.69) is 64.1 Å². The second-order valence-corrected chi connectivity index (χ2v) is 6.77. The molecule has 3 aromatic carbocycles. The van der Waals surface area contributed by atoms with E-state index in [-0.39, 0.29) is 0 Å². The number of hydrogen-bond acceptors (Lipinski definition) is 1. The lowest BCUT2D eigenvalue weighted by Gasteiger charge is -2.09. The molecule has 1 heterocycles. The zero-order valence-corrected chi connectivity index (χ0v) is 14.8. The van der Waals surface area contributed by atoms with Crippen LogP contribution in [-0.4, -0.2) is 9.67 Å². The van der Waals surface area contributed by atoms with E-state index in [1.54, 1.807) is 6.07 Å². The van der Waals surface area contributed by atoms with E-state index in [1.807, 2.05) is 30.3 Å². The molecule has 0 amide bonds. The van der Waals surface area contributed by atoms with Crippen LogP contribution in [0.15, 0.2) is 77.4 Å². The number of aromatic hydroxyl groups is 1. The molecular weight excluding hydrogens is 362 g/mol. The van der Waals surface area contributed by atoms with Crippen LogP contribution in [0.2, 0.25) is 0 Å². The predicted molar refractivity (Wildman–Crippen MR) is 103 cm³/mol. The smallest absolute Gasteiger partial charge is 0.123 e. The van der Waals surface area contributed by atoms with Gasteiger partial charge in [-0.25, -0.2) is 0 Å². The fourth-order valence-electron chi connectivity index (χ4n) is 3.06. The van der Waals surface area contributed by atoms with Gasteiger partial charge in [-0.15, -0.1) is 0 Å². The molecule has 4 aromatic rings. The molecule has 2 nitrogen and oxygen atoms in total. The van der Waals surface area contributed by atoms with Gasteiger partial charge in [-0.2, -0.15) is 0 Å². The Bertz CT molecular complexity index is 1030. The maximum atomic E-state index is 10.0. The minimum atomic E-state index is 0.303. The molecular formula is C21H16BrNO. The molecule has 0 fully saturated rings. The molecule has 0 aliphatic rings. The summed E-state index contributed by atoms with van der Waals surface area (Å²) in [6.45, 7) is 0. The summed E-state index contributed by atoms with van der Waals surface area (Å²) in [4.78, 5) is 0. The highest BCUT2D eigenvalue weighted by Crippen LogP contribution is 2.35. The highest BCUT2D eigenvalue weighted by Gasteiger charge is 2.09. The van der Waals surface area contributed by atoms with Crippen LogP contribution in [0.3, 0.4) is 0 Å². The fraction of sp³-hybridized carbons (Fsp3) is 0.0476. The Kier molecular flexibility index (Phi) is 3.66. The molecule has 1 aromatic heterocycles. The molecule has 0 spiro atoms. The van der Waals surface area contributed by atoms with Crippen molar-refractivity contribution in [3.8, 4) is 28.0 Å². The molecule has 0 atom stereocenters. The van der Waals surface area contributed by atoms with Gasteiger partial charge in [0.05, 0.1) is 0 Å². The monoisotopic (exact) mass is 377 g/mol. The zero-order chi connectivity index (χ0) is 16.7. The highest BCUT2D eigenvalue weighted by atomic mass is 79.9. The largest absolute Gasteiger partial charge is 0.507 e. The summed E-state index contributed by atoms with van der Waals surface area (Å²) < 4.78 is 3.19. The van der Waals surface area contributed by atoms with E-state index in [1.165, 1.54) is 10.9 Å². The SMILES string of the molecule is Cn1ccc2cc(-c3ccc(-c4ccccc4O)cc3)c(Br)cc21. The van der Waals surface area contributed by atoms with Gasteiger partial charge in [-0.3, -0.25) is 0 Å². The maximum Gasteiger partial charge on any atom is 0.123 e. The molecule has 0 radical (unpaired) electrons. The summed E-state index contributed by atoms with van der Waals surface area (Å²) in [5.74, 6) is 0.303. The molecule has 24 heavy (non-hydrogen) atoms. The van der Waals surface area contributed by atoms with Gasteiger partial charge >= 0.3 is 0 Å². The molecule has 0 saturated carbocycles. The van der Waals surface area contributed by atoms with Crippen LogP contribution in [0.4, 0.5) is 0 Å². The molecule has 0 unspecified atom stereocenters. The van der Waals surface area contributed by atoms with Gasteiger partial charge in [-0.05, 0) is 41.0 Å². The van der Waals surface area contributed by atoms with Crippen molar-refractivity contribution >= 4 is 26.8 Å². The predicted octanol–water partition coefficient (Wildman–Crippen LogP) is 5.98. The van der Waals surface area contributed by atoms with E-state index in [0.717, 1.165) is 26.7 Å². The molecule has 4 rings (SSSR count). The minimum absolute atomic E-state index is 0.303. The van der Waals surface area contributed by atoms with Crippen molar-refractivity contribution < 1.29 is 5.11 Å². The minimum Gasteiger partial charge on any atom is -0.507 e. The van der Waals surface area contributed by atoms with Crippen LogP contribution in [0, 0.1) is 0 Å². The number of benzene rings is 3. The first-order valence-electron chi connectivity index (χ1n) is 7.77. The van der Waals surface area contributed by atoms with Crippen LogP contribution in [0.25, 0.3) is 33.2 Å². The topological polar surface area (TPSA) is 25.2 Å². The number of aryl methyl sites for hydroxylation is 1. The summed E-state index contributed by atoms with van der Waals surface area (Å²) in [5.41, 5.74) is 5.37. The van der Waals surface area contributed by atoms with E-state index in [9.17, 15) is 5.11 Å². The van der Waals surface area contributed by atoms with E-state index in [4.69, 9.17) is 0 Å². The Hall–Kier alpha value is -2.52. The molecule has 3 heteroatoms. The van der Waals surface area contributed by atoms with Crippen molar-refractivity contribution in [2.24, 2.45) is 7.05 Å². The lowest BCUT2D eigenvalue weighted by Crippen LogP contribution is -1.86. The summed E-state index contributed by atoms with van der Waals surface area (Å²) >= 11 is 3.69. The van der Waals surface area contributed by atoms with Gasteiger partial charge in [0, 0.05) is 34.2 Å². The van der Waals surface area contributed by atoms with E-state index < -0.39 is 0 Å². The average Bonchev–Trinajstić information content (AvgIpc) is 2.95. The molecule has 118 valence electrons. The normalized spacial score (nSPS) is 11.1. The number of phenols is 1. The molecule has 0 aliphatic carbocycles. The van der Waals surface area contributed by atoms with Gasteiger partial charge in [0.2, 0.25) is 0 Å². The number of fused-ring (bicyclic) bond motifs is 1. The first-order valence-corrected chi connectivity index (χ1v) is 8.56. The zero-order valence-electron chi connectivity index (χ0n) is 13.2. The van der Waals surface area contributed by atoms with Crippen molar-refractivity contribution in [3.05, 3.63) is 77.4 Å². The van der Waals surface area contributed by atoms with Crippen LogP contribution in [-0.2, 0) is 7.05 Å². The Morgan fingerprint density at radius 1 is 0.833 bits per heavy atom. The van der Waals surface area contributed by atoms with Crippen LogP contribution >= 0.6 is 15.9 Å². The lowest BCUT2D eigenvalue weighted by molar-refractivity contribution is 0.477. The van der Waals surface area contributed by atoms with Crippen molar-refractivity contribution in [1.29, 1.82) is 0 Å². The van der Waals surface area contributed by atoms with Crippen LogP contribution in [0.5, 0.6) is 5.75 Å². The fourth-order valence-corrected chi connectivity index (χ4v) is 3.62. The number of phenolic OH excluding ortho intramolecular Hbond substituents is 1. The van der Waals surface area contributed by atoms with E-state index >= 15 is 0 Å². The first-order chi connectivity index (χ1) is 11.6. The number of aromatic nitrogens is 1. The summed E-state index contributed by atoms with van der Waals surface area (Å²) in [5, 5.41) is 11.2. The first kappa shape index (κ1) is 15.0. The summed E-state index contributed by atoms with van der Waals surface area (Å²) in [7, 11) is 2.05. The van der Waals surface area contributed by atoms with Gasteiger partial charge in [-0.1, -0.05) is 58.4 Å². The second kappa shape index (κ2) is 5.84. The average molecular weight is 378 g/mol. The Morgan fingerprint density at radius 3 is 2.21 bits per heavy atom. The Morgan fingerprint density at radius 2 is 1.50 bits per heavy atom. The van der Waals surface area contributed by atoms with Gasteiger partial charge in [0.15, 0.2) is 0 Å². The third-order valence-electron chi connectivity index (χ3n) is 4.38. The van der Waals surface area contributed by atoms with E-state index in [0.29, 0.717) is 5.75 Å². The van der Waals surface area contributed by atoms with Crippen LogP contribution < -0.4 is 0 Å². The van der Waals surface area contributed by atoms with Crippen molar-refractivity contribution in [2.45, 2.75) is 0 Å². The lowest BCUT2D eigenvalue weighted by atomic mass is 9.99. The standard InChI is InChI=1S/C21H16BrNO/c1-23-11-10-16-12-18(19(22)13-20(16)23)15-8-6-14(7-9-15)17-4-2-3-5-21(17)24/h2-13,24H,1H3. The van der Waals surface area contributed by atoms with Crippen LogP contribution in [0.1, 0.15) is 0 Å². The highest BCUT2D eigenvalue weighted by molar-refractivity contribution is 9.10. The maximum absolute atomic E-state index is 10.0. The molecule has 1 N–H and O–H groups in total. The number of hydrogen-bond donors (Lipinski definition) is 1. The third-order valence-corrected chi connectivity index (χ3v) is 5.04. The van der Waals surface area contributed by atoms with Gasteiger partial charge in [0.1, 0.15) is 5.75 Å². The Balaban J connectivity index is 1.78. The molecule has 0 saturated heterocycles. The second-order valence-electron chi connectivity index (χ2n) is 5.91. The third kappa shape index (κ3) is 2.51. The van der Waals surface area contributed by atoms with Gasteiger partial charge < -0.3 is 9.67 Å². The van der Waals surface area contributed by atoms with Gasteiger partial charge in [0.25, 0.3) is 0 Å². The van der Waals surface area contributed by atoms with Crippen molar-refractivity contribution in [2.75, 3.05) is 0 Å². The van der Waals surface area contributed by atoms with Crippen molar-refractivity contribution in [3.63, 3.8) is 0 Å². The number of para-hydroxylation sites is 1. The number of nitrogens with zero attached hydrogens (tertiary/aromatic N) is 1. The number of halogens is 1. The molecule has 0 bridgehead atoms. The van der Waals surface area contributed by atoms with Crippen molar-refractivity contribution in [1.82, 2.24) is 4.57 Å². The Labute approximate surface area is 149 Å². The quantitative estimate of drug-likeness (QED) is 0.456. The summed E-state index contributed by atoms with van der Waals surface area (Å²) in [6, 6.07) is 22.2. The molecule has 0 aliphatic heterocycles. The number of rotatable bonds is 2.